The highest BCUT2D eigenvalue weighted by atomic mass is 16.3. The summed E-state index contributed by atoms with van der Waals surface area (Å²) in [5.41, 5.74) is 2.41. The normalized spacial score (nSPS) is 14.2. The Morgan fingerprint density at radius 3 is 2.92 bits per heavy atom. The Morgan fingerprint density at radius 2 is 2.04 bits per heavy atom. The minimum Gasteiger partial charge on any atom is -0.511 e. The van der Waals surface area contributed by atoms with Gasteiger partial charge in [-0.3, -0.25) is 15.2 Å². The maximum absolute atomic E-state index is 11.8. The number of anilines is 1. The topological polar surface area (TPSA) is 99.0 Å². The molecule has 0 unspecified atom stereocenters. The van der Waals surface area contributed by atoms with Crippen LogP contribution in [0.4, 0.5) is 5.69 Å². The van der Waals surface area contributed by atoms with Gasteiger partial charge in [-0.2, -0.15) is 0 Å². The fourth-order valence-corrected chi connectivity index (χ4v) is 3.55. The number of nitrogens with one attached hydrogen (secondary N) is 2. The third kappa shape index (κ3) is 1.54. The first-order valence-electron chi connectivity index (χ1n) is 7.67. The first kappa shape index (κ1) is 13.2. The molecule has 0 atom stereocenters. The summed E-state index contributed by atoms with van der Waals surface area (Å²) < 4.78 is 0. The summed E-state index contributed by atoms with van der Waals surface area (Å²) >= 11 is 0. The second kappa shape index (κ2) is 4.38. The summed E-state index contributed by atoms with van der Waals surface area (Å²) in [4.78, 5) is 20.8. The van der Waals surface area contributed by atoms with E-state index in [4.69, 9.17) is 5.41 Å². The Morgan fingerprint density at radius 1 is 1.17 bits per heavy atom. The highest BCUT2D eigenvalue weighted by Crippen LogP contribution is 2.31. The van der Waals surface area contributed by atoms with Crippen LogP contribution in [0.1, 0.15) is 6.42 Å². The molecule has 2 aromatic heterocycles. The van der Waals surface area contributed by atoms with Crippen molar-refractivity contribution in [1.29, 1.82) is 5.41 Å². The van der Waals surface area contributed by atoms with E-state index in [0.29, 0.717) is 40.4 Å². The van der Waals surface area contributed by atoms with Crippen molar-refractivity contribution in [3.8, 4) is 0 Å². The quantitative estimate of drug-likeness (QED) is 0.336. The van der Waals surface area contributed by atoms with E-state index in [1.54, 1.807) is 18.3 Å². The van der Waals surface area contributed by atoms with E-state index in [2.05, 4.69) is 15.3 Å². The minimum atomic E-state index is -0.0782. The van der Waals surface area contributed by atoms with E-state index in [1.165, 1.54) is 6.07 Å². The van der Waals surface area contributed by atoms with Crippen LogP contribution >= 0.6 is 0 Å². The van der Waals surface area contributed by atoms with E-state index < -0.39 is 0 Å². The summed E-state index contributed by atoms with van der Waals surface area (Å²) in [5, 5.41) is 25.1. The lowest BCUT2D eigenvalue weighted by molar-refractivity contribution is 0.478. The molecule has 3 N–H and O–H groups in total. The minimum absolute atomic E-state index is 0.0782. The zero-order valence-electron chi connectivity index (χ0n) is 12.6. The highest BCUT2D eigenvalue weighted by molar-refractivity contribution is 6.20. The summed E-state index contributed by atoms with van der Waals surface area (Å²) in [5.74, 6) is 0.190. The van der Waals surface area contributed by atoms with Gasteiger partial charge in [0.05, 0.1) is 32.8 Å². The monoisotopic (exact) mass is 316 g/mol. The third-order valence-electron chi connectivity index (χ3n) is 4.60. The van der Waals surface area contributed by atoms with Gasteiger partial charge >= 0.3 is 0 Å². The summed E-state index contributed by atoms with van der Waals surface area (Å²) in [6, 6.07) is 6.56. The summed E-state index contributed by atoms with van der Waals surface area (Å²) in [7, 11) is 0. The standard InChI is InChI=1S/C18H12N4O2/c19-15-14-12(24)4-6-21-18(14)17-13-9(3-5-20-17)10-7-8(23)1-2-11(10)22-16(13)15/h1-3,5,7,19,21,24H,4,6H2. The number of fused-ring (bicyclic) bond motifs is 4. The van der Waals surface area contributed by atoms with Gasteiger partial charge in [-0.15, -0.1) is 0 Å². The molecule has 5 rings (SSSR count). The van der Waals surface area contributed by atoms with Crippen LogP contribution in [0.3, 0.4) is 0 Å². The van der Waals surface area contributed by atoms with Gasteiger partial charge in [0.2, 0.25) is 0 Å². The predicted octanol–water partition coefficient (Wildman–Crippen LogP) is 1.41. The molecule has 0 saturated heterocycles. The van der Waals surface area contributed by atoms with Crippen molar-refractivity contribution in [2.45, 2.75) is 6.42 Å². The SMILES string of the molecule is N=c1c2c(c3nccc4c5cc(=O)ccc5nc1c34)NCCC=2O. The molecule has 0 spiro atoms. The van der Waals surface area contributed by atoms with Crippen molar-refractivity contribution in [3.63, 3.8) is 0 Å². The molecule has 0 bridgehead atoms. The molecular formula is C18H12N4O2. The summed E-state index contributed by atoms with van der Waals surface area (Å²) in [6.45, 7) is 0.594. The molecule has 1 aliphatic rings. The van der Waals surface area contributed by atoms with Crippen LogP contribution in [-0.4, -0.2) is 21.6 Å². The molecule has 6 heteroatoms. The molecule has 0 amide bonds. The van der Waals surface area contributed by atoms with Gasteiger partial charge in [0.15, 0.2) is 5.43 Å². The lowest BCUT2D eigenvalue weighted by Gasteiger charge is -2.18. The Kier molecular flexibility index (Phi) is 2.41. The van der Waals surface area contributed by atoms with Crippen molar-refractivity contribution in [1.82, 2.24) is 9.97 Å². The summed E-state index contributed by atoms with van der Waals surface area (Å²) in [6.07, 6.45) is 2.16. The van der Waals surface area contributed by atoms with Crippen LogP contribution in [0.25, 0.3) is 38.5 Å². The average molecular weight is 316 g/mol. The van der Waals surface area contributed by atoms with Gasteiger partial charge in [0.25, 0.3) is 0 Å². The number of pyridine rings is 2. The number of hydrogen-bond donors (Lipinski definition) is 3. The number of aromatic nitrogens is 2. The first-order chi connectivity index (χ1) is 11.6. The first-order valence-corrected chi connectivity index (χ1v) is 7.67. The zero-order valence-corrected chi connectivity index (χ0v) is 12.6. The van der Waals surface area contributed by atoms with Crippen LogP contribution in [-0.2, 0) is 0 Å². The number of aliphatic hydroxyl groups is 1. The second-order valence-electron chi connectivity index (χ2n) is 5.97. The van der Waals surface area contributed by atoms with E-state index in [9.17, 15) is 9.90 Å². The largest absolute Gasteiger partial charge is 0.511 e. The molecule has 4 aromatic rings. The zero-order chi connectivity index (χ0) is 16.4. The van der Waals surface area contributed by atoms with Crippen LogP contribution in [0.5, 0.6) is 0 Å². The fourth-order valence-electron chi connectivity index (χ4n) is 3.55. The molecule has 116 valence electrons. The van der Waals surface area contributed by atoms with E-state index in [0.717, 1.165) is 16.2 Å². The molecular weight excluding hydrogens is 304 g/mol. The van der Waals surface area contributed by atoms with Crippen molar-refractivity contribution in [2.75, 3.05) is 11.9 Å². The van der Waals surface area contributed by atoms with Crippen molar-refractivity contribution >= 4 is 44.2 Å². The number of hydrogen-bond acceptors (Lipinski definition) is 6. The molecule has 0 saturated carbocycles. The maximum atomic E-state index is 11.8. The van der Waals surface area contributed by atoms with Gasteiger partial charge in [-0.25, -0.2) is 4.98 Å². The van der Waals surface area contributed by atoms with E-state index in [1.807, 2.05) is 6.07 Å². The smallest absolute Gasteiger partial charge is 0.179 e. The second-order valence-corrected chi connectivity index (χ2v) is 5.97. The molecule has 0 fully saturated rings. The third-order valence-corrected chi connectivity index (χ3v) is 4.60. The van der Waals surface area contributed by atoms with Crippen LogP contribution in [0, 0.1) is 5.41 Å². The van der Waals surface area contributed by atoms with Crippen LogP contribution in [0.2, 0.25) is 0 Å². The van der Waals surface area contributed by atoms with Crippen molar-refractivity contribution < 1.29 is 5.11 Å². The van der Waals surface area contributed by atoms with Gasteiger partial charge in [-0.1, -0.05) is 0 Å². The Hall–Kier alpha value is -3.28. The van der Waals surface area contributed by atoms with Crippen LogP contribution in [0.15, 0.2) is 35.3 Å². The van der Waals surface area contributed by atoms with Gasteiger partial charge in [0.1, 0.15) is 5.76 Å². The maximum Gasteiger partial charge on any atom is 0.179 e. The van der Waals surface area contributed by atoms with E-state index >= 15 is 0 Å². The average Bonchev–Trinajstić information content (AvgIpc) is 2.59. The van der Waals surface area contributed by atoms with Gasteiger partial charge in [-0.05, 0) is 29.7 Å². The molecule has 24 heavy (non-hydrogen) atoms. The number of nitrogens with zero attached hydrogens (tertiary/aromatic N) is 2. The Labute approximate surface area is 134 Å². The molecule has 2 aromatic carbocycles. The molecule has 0 radical (unpaired) electrons. The Balaban J connectivity index is 2.20. The number of benzene rings is 2. The molecule has 3 heterocycles. The van der Waals surface area contributed by atoms with Crippen LogP contribution < -0.4 is 21.3 Å². The number of aliphatic hydroxyl groups excluding tert-OH is 1. The molecule has 6 nitrogen and oxygen atoms in total. The highest BCUT2D eigenvalue weighted by Gasteiger charge is 2.20. The fraction of sp³-hybridized carbons (Fsp3) is 0.111. The molecule has 1 aliphatic heterocycles. The van der Waals surface area contributed by atoms with Gasteiger partial charge < -0.3 is 10.4 Å². The lowest BCUT2D eigenvalue weighted by Crippen LogP contribution is -2.35. The Bertz CT molecular complexity index is 1330. The van der Waals surface area contributed by atoms with Gasteiger partial charge in [0, 0.05) is 29.9 Å². The van der Waals surface area contributed by atoms with E-state index in [-0.39, 0.29) is 16.5 Å². The lowest BCUT2D eigenvalue weighted by atomic mass is 9.99. The molecule has 0 aliphatic carbocycles. The van der Waals surface area contributed by atoms with Crippen molar-refractivity contribution in [2.24, 2.45) is 0 Å². The predicted molar refractivity (Wildman–Crippen MR) is 92.2 cm³/mol. The van der Waals surface area contributed by atoms with Crippen molar-refractivity contribution in [3.05, 3.63) is 51.3 Å². The number of rotatable bonds is 0.